The zero-order chi connectivity index (χ0) is 15.8. The molecule has 2 rings (SSSR count). The molecule has 0 heterocycles. The van der Waals surface area contributed by atoms with E-state index in [1.54, 1.807) is 0 Å². The van der Waals surface area contributed by atoms with Crippen LogP contribution < -0.4 is 5.43 Å². The lowest BCUT2D eigenvalue weighted by Crippen LogP contribution is -2.23. The van der Waals surface area contributed by atoms with Crippen LogP contribution in [0.25, 0.3) is 0 Å². The lowest BCUT2D eigenvalue weighted by molar-refractivity contribution is 0.133. The van der Waals surface area contributed by atoms with E-state index >= 15 is 0 Å². The van der Waals surface area contributed by atoms with Gasteiger partial charge in [0.2, 0.25) is 0 Å². The third-order valence-corrected chi connectivity index (χ3v) is 2.90. The van der Waals surface area contributed by atoms with Gasteiger partial charge < -0.3 is 4.74 Å². The number of ether oxygens (including phenoxy) is 1. The molecule has 2 aromatic rings. The van der Waals surface area contributed by atoms with Gasteiger partial charge in [-0.1, -0.05) is 74.5 Å². The molecule has 0 atom stereocenters. The second-order valence-electron chi connectivity index (χ2n) is 5.30. The fourth-order valence-corrected chi connectivity index (χ4v) is 1.86. The molecule has 114 valence electrons. The molecule has 0 saturated carbocycles. The molecule has 22 heavy (non-hydrogen) atoms. The Morgan fingerprint density at radius 3 is 1.95 bits per heavy atom. The number of rotatable bonds is 5. The first-order valence-corrected chi connectivity index (χ1v) is 7.28. The van der Waals surface area contributed by atoms with E-state index in [0.29, 0.717) is 12.3 Å². The van der Waals surface area contributed by atoms with Gasteiger partial charge in [-0.25, -0.2) is 10.2 Å². The Morgan fingerprint density at radius 2 is 1.50 bits per heavy atom. The number of amides is 1. The van der Waals surface area contributed by atoms with Gasteiger partial charge in [-0.05, 0) is 5.92 Å². The first-order chi connectivity index (χ1) is 10.7. The number of nitrogens with zero attached hydrogens (tertiary/aromatic N) is 1. The molecule has 2 aromatic carbocycles. The van der Waals surface area contributed by atoms with Crippen LogP contribution in [0.3, 0.4) is 0 Å². The van der Waals surface area contributed by atoms with Gasteiger partial charge in [-0.15, -0.1) is 0 Å². The monoisotopic (exact) mass is 296 g/mol. The molecular weight excluding hydrogens is 276 g/mol. The Morgan fingerprint density at radius 1 is 1.00 bits per heavy atom. The summed E-state index contributed by atoms with van der Waals surface area (Å²) < 4.78 is 5.07. The number of hydrazone groups is 1. The van der Waals surface area contributed by atoms with E-state index in [1.165, 1.54) is 0 Å². The summed E-state index contributed by atoms with van der Waals surface area (Å²) in [7, 11) is 0. The van der Waals surface area contributed by atoms with Crippen molar-refractivity contribution in [2.75, 3.05) is 6.61 Å². The average Bonchev–Trinajstić information content (AvgIpc) is 2.55. The Hall–Kier alpha value is -2.62. The predicted molar refractivity (Wildman–Crippen MR) is 87.8 cm³/mol. The summed E-state index contributed by atoms with van der Waals surface area (Å²) in [5, 5.41) is 4.23. The largest absolute Gasteiger partial charge is 0.448 e. The van der Waals surface area contributed by atoms with E-state index in [4.69, 9.17) is 4.74 Å². The lowest BCUT2D eigenvalue weighted by atomic mass is 10.0. The minimum Gasteiger partial charge on any atom is -0.448 e. The SMILES string of the molecule is CC(C)COC(=O)NN=C(c1ccccc1)c1ccccc1. The molecule has 0 aliphatic rings. The standard InChI is InChI=1S/C18H20N2O2/c1-14(2)13-22-18(21)20-19-17(15-9-5-3-6-10-15)16-11-7-4-8-12-16/h3-12,14H,13H2,1-2H3,(H,20,21). The van der Waals surface area contributed by atoms with Gasteiger partial charge in [0.05, 0.1) is 12.3 Å². The van der Waals surface area contributed by atoms with Gasteiger partial charge >= 0.3 is 6.09 Å². The number of carbonyl (C=O) groups is 1. The molecule has 0 aromatic heterocycles. The number of hydrogen-bond acceptors (Lipinski definition) is 3. The highest BCUT2D eigenvalue weighted by Gasteiger charge is 2.08. The van der Waals surface area contributed by atoms with E-state index in [2.05, 4.69) is 10.5 Å². The van der Waals surface area contributed by atoms with Crippen LogP contribution in [0.1, 0.15) is 25.0 Å². The summed E-state index contributed by atoms with van der Waals surface area (Å²) in [6, 6.07) is 19.4. The Bertz CT molecular complexity index is 581. The van der Waals surface area contributed by atoms with E-state index in [0.717, 1.165) is 11.1 Å². The maximum Gasteiger partial charge on any atom is 0.427 e. The van der Waals surface area contributed by atoms with Gasteiger partial charge in [0, 0.05) is 11.1 Å². The molecule has 0 saturated heterocycles. The molecule has 1 N–H and O–H groups in total. The van der Waals surface area contributed by atoms with E-state index in [9.17, 15) is 4.79 Å². The zero-order valence-electron chi connectivity index (χ0n) is 12.8. The second-order valence-corrected chi connectivity index (χ2v) is 5.30. The highest BCUT2D eigenvalue weighted by Crippen LogP contribution is 2.10. The quantitative estimate of drug-likeness (QED) is 0.673. The van der Waals surface area contributed by atoms with Crippen LogP contribution in [0.5, 0.6) is 0 Å². The maximum absolute atomic E-state index is 11.7. The van der Waals surface area contributed by atoms with E-state index in [1.807, 2.05) is 74.5 Å². The summed E-state index contributed by atoms with van der Waals surface area (Å²) in [6.07, 6.45) is -0.543. The summed E-state index contributed by atoms with van der Waals surface area (Å²) in [5.74, 6) is 0.289. The molecule has 4 nitrogen and oxygen atoms in total. The van der Waals surface area contributed by atoms with Crippen molar-refractivity contribution in [1.82, 2.24) is 5.43 Å². The normalized spacial score (nSPS) is 10.1. The van der Waals surface area contributed by atoms with Crippen LogP contribution in [0.4, 0.5) is 4.79 Å². The van der Waals surface area contributed by atoms with Crippen molar-refractivity contribution < 1.29 is 9.53 Å². The molecule has 0 spiro atoms. The lowest BCUT2D eigenvalue weighted by Gasteiger charge is -2.09. The van der Waals surface area contributed by atoms with Crippen molar-refractivity contribution in [3.05, 3.63) is 71.8 Å². The van der Waals surface area contributed by atoms with Crippen LogP contribution in [0.2, 0.25) is 0 Å². The molecule has 0 aliphatic carbocycles. The Kier molecular flexibility index (Phi) is 5.72. The number of carbonyl (C=O) groups excluding carboxylic acids is 1. The molecule has 0 radical (unpaired) electrons. The summed E-state index contributed by atoms with van der Waals surface area (Å²) >= 11 is 0. The first kappa shape index (κ1) is 15.8. The van der Waals surface area contributed by atoms with E-state index < -0.39 is 6.09 Å². The molecular formula is C18H20N2O2. The van der Waals surface area contributed by atoms with Crippen LogP contribution in [-0.2, 0) is 4.74 Å². The van der Waals surface area contributed by atoms with Crippen molar-refractivity contribution in [2.24, 2.45) is 11.0 Å². The summed E-state index contributed by atoms with van der Waals surface area (Å²) in [5.41, 5.74) is 5.02. The topological polar surface area (TPSA) is 50.7 Å². The van der Waals surface area contributed by atoms with E-state index in [-0.39, 0.29) is 5.92 Å². The number of nitrogens with one attached hydrogen (secondary N) is 1. The summed E-state index contributed by atoms with van der Waals surface area (Å²) in [6.45, 7) is 4.33. The average molecular weight is 296 g/mol. The van der Waals surface area contributed by atoms with Gasteiger partial charge in [0.15, 0.2) is 0 Å². The zero-order valence-corrected chi connectivity index (χ0v) is 12.8. The first-order valence-electron chi connectivity index (χ1n) is 7.28. The molecule has 0 aliphatic heterocycles. The van der Waals surface area contributed by atoms with Crippen LogP contribution in [0.15, 0.2) is 65.8 Å². The maximum atomic E-state index is 11.7. The molecule has 0 fully saturated rings. The van der Waals surface area contributed by atoms with Crippen molar-refractivity contribution in [3.8, 4) is 0 Å². The number of hydrogen-bond donors (Lipinski definition) is 1. The minimum atomic E-state index is -0.543. The molecule has 4 heteroatoms. The van der Waals surface area contributed by atoms with Crippen LogP contribution in [-0.4, -0.2) is 18.4 Å². The molecule has 0 bridgehead atoms. The second kappa shape index (κ2) is 7.98. The smallest absolute Gasteiger partial charge is 0.427 e. The van der Waals surface area contributed by atoms with Crippen molar-refractivity contribution in [3.63, 3.8) is 0 Å². The number of benzene rings is 2. The summed E-state index contributed by atoms with van der Waals surface area (Å²) in [4.78, 5) is 11.7. The van der Waals surface area contributed by atoms with Gasteiger partial charge in [0.1, 0.15) is 0 Å². The van der Waals surface area contributed by atoms with Crippen molar-refractivity contribution >= 4 is 11.8 Å². The Labute approximate surface area is 130 Å². The third kappa shape index (κ3) is 4.74. The minimum absolute atomic E-state index is 0.289. The van der Waals surface area contributed by atoms with Crippen LogP contribution >= 0.6 is 0 Å². The fraction of sp³-hybridized carbons (Fsp3) is 0.222. The third-order valence-electron chi connectivity index (χ3n) is 2.90. The van der Waals surface area contributed by atoms with Crippen LogP contribution in [0, 0.1) is 5.92 Å². The molecule has 0 unspecified atom stereocenters. The highest BCUT2D eigenvalue weighted by atomic mass is 16.6. The highest BCUT2D eigenvalue weighted by molar-refractivity contribution is 6.13. The van der Waals surface area contributed by atoms with Gasteiger partial charge in [-0.3, -0.25) is 0 Å². The van der Waals surface area contributed by atoms with Crippen molar-refractivity contribution in [1.29, 1.82) is 0 Å². The van der Waals surface area contributed by atoms with Gasteiger partial charge in [0.25, 0.3) is 0 Å². The van der Waals surface area contributed by atoms with Gasteiger partial charge in [-0.2, -0.15) is 5.10 Å². The van der Waals surface area contributed by atoms with Crippen molar-refractivity contribution in [2.45, 2.75) is 13.8 Å². The molecule has 1 amide bonds. The Balaban J connectivity index is 2.18. The fourth-order valence-electron chi connectivity index (χ4n) is 1.86. The predicted octanol–water partition coefficient (Wildman–Crippen LogP) is 3.82.